The first kappa shape index (κ1) is 17.6. The summed E-state index contributed by atoms with van der Waals surface area (Å²) in [6.45, 7) is -1.00. The second-order valence-corrected chi connectivity index (χ2v) is 5.89. The molecule has 0 saturated carbocycles. The van der Waals surface area contributed by atoms with Gasteiger partial charge in [0.2, 0.25) is 0 Å². The molecule has 20 heavy (non-hydrogen) atoms. The van der Waals surface area contributed by atoms with E-state index < -0.39 is 58.1 Å². The molecule has 5 atom stereocenters. The van der Waals surface area contributed by atoms with Crippen LogP contribution in [0, 0.1) is 0 Å². The van der Waals surface area contributed by atoms with Gasteiger partial charge in [-0.1, -0.05) is 0 Å². The van der Waals surface area contributed by atoms with Crippen molar-refractivity contribution in [2.75, 3.05) is 6.61 Å². The van der Waals surface area contributed by atoms with Crippen LogP contribution in [0.2, 0.25) is 0 Å². The van der Waals surface area contributed by atoms with Crippen LogP contribution in [0.25, 0.3) is 0 Å². The molecule has 0 aromatic carbocycles. The maximum atomic E-state index is 10.5. The molecule has 14 heteroatoms. The molecule has 0 radical (unpaired) electrons. The number of ether oxygens (including phenoxy) is 1. The zero-order valence-electron chi connectivity index (χ0n) is 9.50. The normalized spacial score (nSPS) is 36.0. The first-order valence-corrected chi connectivity index (χ1v) is 7.61. The lowest BCUT2D eigenvalue weighted by atomic mass is 9.99. The van der Waals surface area contributed by atoms with Crippen LogP contribution in [-0.2, 0) is 33.9 Å². The summed E-state index contributed by atoms with van der Waals surface area (Å²) >= 11 is 0. The van der Waals surface area contributed by atoms with E-state index in [2.05, 4.69) is 13.1 Å². The van der Waals surface area contributed by atoms with E-state index in [-0.39, 0.29) is 0 Å². The SMILES string of the molecule is O=S(=O)(O)OC[C@H]1O[C@@H](O)[C@H](O)[C@@H](OS(=O)(=O)O)[C@H]1O. The molecule has 5 N–H and O–H groups in total. The Hall–Kier alpha value is -0.420. The van der Waals surface area contributed by atoms with Crippen molar-refractivity contribution in [2.24, 2.45) is 0 Å². The molecule has 1 aliphatic heterocycles. The minimum absolute atomic E-state index is 1.00. The van der Waals surface area contributed by atoms with E-state index in [4.69, 9.17) is 9.11 Å². The Morgan fingerprint density at radius 3 is 1.95 bits per heavy atom. The molecule has 1 saturated heterocycles. The van der Waals surface area contributed by atoms with Gasteiger partial charge >= 0.3 is 20.8 Å². The fourth-order valence-corrected chi connectivity index (χ4v) is 2.28. The Bertz CT molecular complexity index is 524. The van der Waals surface area contributed by atoms with Crippen LogP contribution in [0.15, 0.2) is 0 Å². The fraction of sp³-hybridized carbons (Fsp3) is 1.00. The summed E-state index contributed by atoms with van der Waals surface area (Å²) in [6, 6.07) is 0. The molecule has 0 aliphatic carbocycles. The van der Waals surface area contributed by atoms with Gasteiger partial charge in [0.25, 0.3) is 0 Å². The molecule has 12 nitrogen and oxygen atoms in total. The monoisotopic (exact) mass is 340 g/mol. The minimum atomic E-state index is -5.07. The van der Waals surface area contributed by atoms with E-state index in [1.54, 1.807) is 0 Å². The predicted octanol–water partition coefficient (Wildman–Crippen LogP) is -3.57. The van der Waals surface area contributed by atoms with Crippen LogP contribution in [-0.4, -0.2) is 78.6 Å². The van der Waals surface area contributed by atoms with Gasteiger partial charge in [0.05, 0.1) is 6.61 Å². The smallest absolute Gasteiger partial charge is 0.387 e. The van der Waals surface area contributed by atoms with Crippen molar-refractivity contribution < 1.29 is 54.4 Å². The van der Waals surface area contributed by atoms with Crippen LogP contribution >= 0.6 is 0 Å². The molecule has 1 heterocycles. The highest BCUT2D eigenvalue weighted by Gasteiger charge is 2.47. The summed E-state index contributed by atoms with van der Waals surface area (Å²) in [5, 5.41) is 28.3. The molecule has 0 amide bonds. The zero-order chi connectivity index (χ0) is 15.7. The molecule has 1 fully saturated rings. The fourth-order valence-electron chi connectivity index (χ4n) is 1.46. The Labute approximate surface area is 113 Å². The summed E-state index contributed by atoms with van der Waals surface area (Å²) in [5.41, 5.74) is 0. The third-order valence-corrected chi connectivity index (χ3v) is 3.17. The van der Waals surface area contributed by atoms with Gasteiger partial charge in [-0.05, 0) is 0 Å². The van der Waals surface area contributed by atoms with Crippen LogP contribution < -0.4 is 0 Å². The van der Waals surface area contributed by atoms with E-state index in [9.17, 15) is 32.2 Å². The highest BCUT2D eigenvalue weighted by atomic mass is 32.3. The number of hydrogen-bond acceptors (Lipinski definition) is 10. The Kier molecular flexibility index (Phi) is 5.41. The Balaban J connectivity index is 2.84. The molecule has 0 spiro atoms. The zero-order valence-corrected chi connectivity index (χ0v) is 11.1. The Morgan fingerprint density at radius 1 is 0.950 bits per heavy atom. The van der Waals surface area contributed by atoms with Gasteiger partial charge in [-0.15, -0.1) is 0 Å². The number of rotatable bonds is 5. The van der Waals surface area contributed by atoms with Crippen LogP contribution in [0.4, 0.5) is 0 Å². The highest BCUT2D eigenvalue weighted by Crippen LogP contribution is 2.24. The van der Waals surface area contributed by atoms with Crippen molar-refractivity contribution in [2.45, 2.75) is 30.7 Å². The van der Waals surface area contributed by atoms with Crippen molar-refractivity contribution in [3.05, 3.63) is 0 Å². The summed E-state index contributed by atoms with van der Waals surface area (Å²) in [4.78, 5) is 0. The molecule has 1 rings (SSSR count). The lowest BCUT2D eigenvalue weighted by Gasteiger charge is -2.39. The summed E-state index contributed by atoms with van der Waals surface area (Å²) in [7, 11) is -9.95. The standard InChI is InChI=1S/C6H12O12S2/c7-3-2(1-16-19(10,11)12)17-6(9)4(8)5(3)18-20(13,14)15/h2-9H,1H2,(H,10,11,12)(H,13,14,15)/t2-,3+,4-,5+,6-/m1/s1. The second-order valence-electron chi connectivity index (χ2n) is 3.75. The van der Waals surface area contributed by atoms with Gasteiger partial charge in [0, 0.05) is 0 Å². The third kappa shape index (κ3) is 5.17. The topological polar surface area (TPSA) is 197 Å². The lowest BCUT2D eigenvalue weighted by Crippen LogP contribution is -2.60. The molecule has 0 unspecified atom stereocenters. The van der Waals surface area contributed by atoms with Crippen molar-refractivity contribution in [3.8, 4) is 0 Å². The van der Waals surface area contributed by atoms with Crippen molar-refractivity contribution in [1.29, 1.82) is 0 Å². The maximum Gasteiger partial charge on any atom is 0.397 e. The first-order chi connectivity index (χ1) is 8.91. The van der Waals surface area contributed by atoms with E-state index >= 15 is 0 Å². The predicted molar refractivity (Wildman–Crippen MR) is 56.8 cm³/mol. The summed E-state index contributed by atoms with van der Waals surface area (Å²) in [5.74, 6) is 0. The molecule has 1 aliphatic rings. The van der Waals surface area contributed by atoms with Crippen LogP contribution in [0.1, 0.15) is 0 Å². The summed E-state index contributed by atoms with van der Waals surface area (Å²) in [6.07, 6.45) is -9.79. The van der Waals surface area contributed by atoms with Gasteiger partial charge < -0.3 is 20.1 Å². The van der Waals surface area contributed by atoms with Crippen LogP contribution in [0.3, 0.4) is 0 Å². The molecule has 120 valence electrons. The minimum Gasteiger partial charge on any atom is -0.387 e. The molecule has 0 aromatic heterocycles. The largest absolute Gasteiger partial charge is 0.397 e. The first-order valence-electron chi connectivity index (χ1n) is 4.88. The van der Waals surface area contributed by atoms with Gasteiger partial charge in [-0.3, -0.25) is 9.11 Å². The van der Waals surface area contributed by atoms with Crippen molar-refractivity contribution in [3.63, 3.8) is 0 Å². The van der Waals surface area contributed by atoms with Gasteiger partial charge in [0.15, 0.2) is 6.29 Å². The molecular weight excluding hydrogens is 328 g/mol. The van der Waals surface area contributed by atoms with E-state index in [0.29, 0.717) is 0 Å². The third-order valence-electron chi connectivity index (χ3n) is 2.27. The van der Waals surface area contributed by atoms with Crippen molar-refractivity contribution >= 4 is 20.8 Å². The Morgan fingerprint density at radius 2 is 1.50 bits per heavy atom. The number of hydrogen-bond donors (Lipinski definition) is 5. The van der Waals surface area contributed by atoms with Crippen LogP contribution in [0.5, 0.6) is 0 Å². The molecule has 0 bridgehead atoms. The lowest BCUT2D eigenvalue weighted by molar-refractivity contribution is -0.280. The summed E-state index contributed by atoms with van der Waals surface area (Å²) < 4.78 is 71.0. The van der Waals surface area contributed by atoms with Gasteiger partial charge in [0.1, 0.15) is 24.4 Å². The maximum absolute atomic E-state index is 10.5. The van der Waals surface area contributed by atoms with Gasteiger partial charge in [-0.25, -0.2) is 8.37 Å². The number of aliphatic hydroxyl groups excluding tert-OH is 3. The van der Waals surface area contributed by atoms with E-state index in [0.717, 1.165) is 0 Å². The van der Waals surface area contributed by atoms with E-state index in [1.165, 1.54) is 0 Å². The highest BCUT2D eigenvalue weighted by molar-refractivity contribution is 7.81. The number of aliphatic hydroxyl groups is 3. The average molecular weight is 340 g/mol. The van der Waals surface area contributed by atoms with Gasteiger partial charge in [-0.2, -0.15) is 16.8 Å². The van der Waals surface area contributed by atoms with Crippen molar-refractivity contribution in [1.82, 2.24) is 0 Å². The van der Waals surface area contributed by atoms with E-state index in [1.807, 2.05) is 0 Å². The second kappa shape index (κ2) is 6.14. The average Bonchev–Trinajstić information content (AvgIpc) is 2.25. The molecule has 0 aromatic rings. The quantitative estimate of drug-likeness (QED) is 0.309. The molecular formula is C6H12O12S2.